The van der Waals surface area contributed by atoms with Crippen molar-refractivity contribution in [2.45, 2.75) is 38.3 Å². The molecule has 0 aliphatic carbocycles. The number of aryl methyl sites for hydroxylation is 2. The molecule has 148 valence electrons. The number of halogens is 1. The van der Waals surface area contributed by atoms with Crippen molar-refractivity contribution in [1.82, 2.24) is 24.5 Å². The van der Waals surface area contributed by atoms with Crippen molar-refractivity contribution >= 4 is 11.5 Å². The van der Waals surface area contributed by atoms with Crippen LogP contribution in [0.2, 0.25) is 0 Å². The smallest absolute Gasteiger partial charge is 0.258 e. The van der Waals surface area contributed by atoms with Crippen LogP contribution < -0.4 is 0 Å². The molecule has 0 spiro atoms. The second-order valence-corrected chi connectivity index (χ2v) is 7.80. The molecule has 1 amide bonds. The van der Waals surface area contributed by atoms with E-state index in [-0.39, 0.29) is 23.8 Å². The van der Waals surface area contributed by atoms with Crippen LogP contribution in [0.15, 0.2) is 48.8 Å². The summed E-state index contributed by atoms with van der Waals surface area (Å²) in [5.41, 5.74) is 4.20. The summed E-state index contributed by atoms with van der Waals surface area (Å²) in [6.07, 6.45) is 8.52. The van der Waals surface area contributed by atoms with E-state index in [0.717, 1.165) is 25.0 Å². The Bertz CT molecular complexity index is 1130. The Morgan fingerprint density at radius 1 is 1.24 bits per heavy atom. The first kappa shape index (κ1) is 17.8. The van der Waals surface area contributed by atoms with E-state index in [0.29, 0.717) is 16.9 Å². The third-order valence-corrected chi connectivity index (χ3v) is 5.98. The fourth-order valence-electron chi connectivity index (χ4n) is 4.59. The lowest BCUT2D eigenvalue weighted by atomic mass is 9.97. The van der Waals surface area contributed by atoms with E-state index in [1.807, 2.05) is 29.6 Å². The maximum Gasteiger partial charge on any atom is 0.258 e. The Morgan fingerprint density at radius 2 is 2.10 bits per heavy atom. The van der Waals surface area contributed by atoms with Gasteiger partial charge >= 0.3 is 0 Å². The molecule has 1 fully saturated rings. The zero-order valence-corrected chi connectivity index (χ0v) is 16.4. The number of amides is 1. The first-order valence-electron chi connectivity index (χ1n) is 9.85. The van der Waals surface area contributed by atoms with E-state index in [4.69, 9.17) is 0 Å². The second kappa shape index (κ2) is 6.69. The summed E-state index contributed by atoms with van der Waals surface area (Å²) in [5.74, 6) is -0.330. The van der Waals surface area contributed by atoms with E-state index in [1.54, 1.807) is 29.2 Å². The van der Waals surface area contributed by atoms with Crippen LogP contribution in [0, 0.1) is 12.7 Å². The largest absolute Gasteiger partial charge is 0.329 e. The van der Waals surface area contributed by atoms with Crippen molar-refractivity contribution in [3.63, 3.8) is 0 Å². The molecule has 0 radical (unpaired) electrons. The molecule has 2 bridgehead atoms. The third kappa shape index (κ3) is 2.97. The predicted octanol–water partition coefficient (Wildman–Crippen LogP) is 3.51. The number of hydrogen-bond acceptors (Lipinski definition) is 3. The zero-order chi connectivity index (χ0) is 20.1. The van der Waals surface area contributed by atoms with Crippen molar-refractivity contribution in [3.8, 4) is 5.69 Å². The van der Waals surface area contributed by atoms with Crippen LogP contribution in [-0.2, 0) is 7.05 Å². The van der Waals surface area contributed by atoms with Crippen molar-refractivity contribution in [1.29, 1.82) is 0 Å². The first-order valence-corrected chi connectivity index (χ1v) is 9.85. The van der Waals surface area contributed by atoms with Gasteiger partial charge in [0.1, 0.15) is 5.82 Å². The molecule has 29 heavy (non-hydrogen) atoms. The van der Waals surface area contributed by atoms with E-state index in [1.165, 1.54) is 17.7 Å². The van der Waals surface area contributed by atoms with Crippen molar-refractivity contribution in [2.75, 3.05) is 0 Å². The Balaban J connectivity index is 1.45. The Morgan fingerprint density at radius 3 is 2.83 bits per heavy atom. The van der Waals surface area contributed by atoms with Crippen LogP contribution in [0.25, 0.3) is 11.3 Å². The fraction of sp³-hybridized carbons (Fsp3) is 0.318. The van der Waals surface area contributed by atoms with Gasteiger partial charge in [0.05, 0.1) is 28.7 Å². The summed E-state index contributed by atoms with van der Waals surface area (Å²) in [7, 11) is 1.94. The summed E-state index contributed by atoms with van der Waals surface area (Å²) in [6, 6.07) is 8.51. The molecule has 2 unspecified atom stereocenters. The van der Waals surface area contributed by atoms with Crippen molar-refractivity contribution in [2.24, 2.45) is 7.05 Å². The van der Waals surface area contributed by atoms with Crippen molar-refractivity contribution in [3.05, 3.63) is 71.6 Å². The lowest BCUT2D eigenvalue weighted by Crippen LogP contribution is -2.43. The highest BCUT2D eigenvalue weighted by Gasteiger charge is 2.41. The van der Waals surface area contributed by atoms with Gasteiger partial charge in [-0.1, -0.05) is 12.1 Å². The lowest BCUT2D eigenvalue weighted by molar-refractivity contribution is 0.0691. The Hall–Kier alpha value is -3.22. The summed E-state index contributed by atoms with van der Waals surface area (Å²) >= 11 is 0. The standard InChI is InChI=1S/C22H22FN5O/c1-14-20(13-27(25-14)17-5-3-4-16(23)12-17)22(29)28-18-6-7-19(28)11-15(10-18)21-8-9-24-26(21)2/h3-5,8-10,12-13,18-19H,6-7,11H2,1-2H3. The molecular weight excluding hydrogens is 369 g/mol. The summed E-state index contributed by atoms with van der Waals surface area (Å²) < 4.78 is 17.0. The third-order valence-electron chi connectivity index (χ3n) is 5.98. The monoisotopic (exact) mass is 391 g/mol. The highest BCUT2D eigenvalue weighted by atomic mass is 19.1. The summed E-state index contributed by atoms with van der Waals surface area (Å²) in [4.78, 5) is 15.4. The van der Waals surface area contributed by atoms with Crippen LogP contribution in [0.1, 0.15) is 41.0 Å². The first-order chi connectivity index (χ1) is 14.0. The SMILES string of the molecule is Cc1nn(-c2cccc(F)c2)cc1C(=O)N1C2C=C(c3ccnn3C)CC1CC2. The number of nitrogens with zero attached hydrogens (tertiary/aromatic N) is 5. The number of fused-ring (bicyclic) bond motifs is 2. The highest BCUT2D eigenvalue weighted by molar-refractivity contribution is 5.96. The lowest BCUT2D eigenvalue weighted by Gasteiger charge is -2.34. The molecule has 2 atom stereocenters. The quantitative estimate of drug-likeness (QED) is 0.687. The molecule has 2 aliphatic heterocycles. The van der Waals surface area contributed by atoms with Gasteiger partial charge in [0.25, 0.3) is 5.91 Å². The van der Waals surface area contributed by atoms with Gasteiger partial charge in [-0.15, -0.1) is 0 Å². The van der Waals surface area contributed by atoms with Gasteiger partial charge in [-0.05, 0) is 56.0 Å². The Labute approximate surface area is 168 Å². The number of hydrogen-bond donors (Lipinski definition) is 0. The minimum Gasteiger partial charge on any atom is -0.329 e. The number of carbonyl (C=O) groups is 1. The molecule has 2 aliphatic rings. The number of rotatable bonds is 3. The minimum atomic E-state index is -0.328. The van der Waals surface area contributed by atoms with Crippen LogP contribution in [-0.4, -0.2) is 42.5 Å². The zero-order valence-electron chi connectivity index (χ0n) is 16.4. The number of benzene rings is 1. The molecule has 7 heteroatoms. The average Bonchev–Trinajstić information content (AvgIpc) is 3.37. The molecule has 2 aromatic heterocycles. The molecular formula is C22H22FN5O. The van der Waals surface area contributed by atoms with Crippen LogP contribution in [0.4, 0.5) is 4.39 Å². The molecule has 1 aromatic carbocycles. The number of carbonyl (C=O) groups excluding carboxylic acids is 1. The molecule has 3 aromatic rings. The van der Waals surface area contributed by atoms with E-state index in [9.17, 15) is 9.18 Å². The predicted molar refractivity (Wildman–Crippen MR) is 107 cm³/mol. The molecule has 1 saturated heterocycles. The topological polar surface area (TPSA) is 56.0 Å². The summed E-state index contributed by atoms with van der Waals surface area (Å²) in [6.45, 7) is 1.83. The maximum absolute atomic E-state index is 13.6. The highest BCUT2D eigenvalue weighted by Crippen LogP contribution is 2.39. The van der Waals surface area contributed by atoms with Crippen LogP contribution in [0.3, 0.4) is 0 Å². The average molecular weight is 391 g/mol. The van der Waals surface area contributed by atoms with Gasteiger partial charge in [-0.25, -0.2) is 9.07 Å². The molecule has 6 nitrogen and oxygen atoms in total. The van der Waals surface area contributed by atoms with Crippen molar-refractivity contribution < 1.29 is 9.18 Å². The van der Waals surface area contributed by atoms with Gasteiger partial charge in [0, 0.05) is 25.5 Å². The Kier molecular flexibility index (Phi) is 4.12. The van der Waals surface area contributed by atoms with E-state index >= 15 is 0 Å². The second-order valence-electron chi connectivity index (χ2n) is 7.80. The molecule has 0 N–H and O–H groups in total. The maximum atomic E-state index is 13.6. The van der Waals surface area contributed by atoms with Gasteiger partial charge in [-0.3, -0.25) is 9.48 Å². The van der Waals surface area contributed by atoms with Crippen LogP contribution >= 0.6 is 0 Å². The van der Waals surface area contributed by atoms with Gasteiger partial charge < -0.3 is 4.90 Å². The van der Waals surface area contributed by atoms with Crippen LogP contribution in [0.5, 0.6) is 0 Å². The van der Waals surface area contributed by atoms with Gasteiger partial charge in [-0.2, -0.15) is 10.2 Å². The van der Waals surface area contributed by atoms with Gasteiger partial charge in [0.2, 0.25) is 0 Å². The van der Waals surface area contributed by atoms with Gasteiger partial charge in [0.15, 0.2) is 0 Å². The summed E-state index contributed by atoms with van der Waals surface area (Å²) in [5, 5.41) is 8.72. The molecule has 0 saturated carbocycles. The normalized spacial score (nSPS) is 20.8. The molecule has 4 heterocycles. The fourth-order valence-corrected chi connectivity index (χ4v) is 4.59. The number of aromatic nitrogens is 4. The van der Waals surface area contributed by atoms with E-state index < -0.39 is 0 Å². The van der Waals surface area contributed by atoms with E-state index in [2.05, 4.69) is 16.3 Å². The minimum absolute atomic E-state index is 0.00189. The molecule has 5 rings (SSSR count).